The molecule has 0 radical (unpaired) electrons. The zero-order valence-electron chi connectivity index (χ0n) is 28.4. The molecule has 1 saturated carbocycles. The second kappa shape index (κ2) is 13.4. The number of hydrogen-bond donors (Lipinski definition) is 0. The van der Waals surface area contributed by atoms with Crippen molar-refractivity contribution in [2.24, 2.45) is 11.8 Å². The van der Waals surface area contributed by atoms with Gasteiger partial charge in [0.1, 0.15) is 0 Å². The Morgan fingerprint density at radius 2 is 1.49 bits per heavy atom. The van der Waals surface area contributed by atoms with E-state index in [-0.39, 0.29) is 7.25 Å². The molecule has 0 aliphatic heterocycles. The average Bonchev–Trinajstić information content (AvgIpc) is 3.61. The van der Waals surface area contributed by atoms with Gasteiger partial charge in [0.15, 0.2) is 0 Å². The van der Waals surface area contributed by atoms with Crippen molar-refractivity contribution in [3.05, 3.63) is 105 Å². The molecule has 1 fully saturated rings. The molecule has 3 aliphatic rings. The monoisotopic (exact) mass is 733 g/mol. The number of aryl methyl sites for hydroxylation is 1. The molecule has 3 aromatic rings. The molecule has 0 bridgehead atoms. The zero-order valence-corrected chi connectivity index (χ0v) is 33.6. The van der Waals surface area contributed by atoms with E-state index in [1.807, 2.05) is 0 Å². The Morgan fingerprint density at radius 3 is 2.13 bits per heavy atom. The number of halogens is 2. The van der Waals surface area contributed by atoms with Crippen LogP contribution >= 0.6 is 17.0 Å². The summed E-state index contributed by atoms with van der Waals surface area (Å²) in [6, 6.07) is 23.3. The van der Waals surface area contributed by atoms with Crippen LogP contribution in [0.2, 0.25) is 13.1 Å². The quantitative estimate of drug-likeness (QED) is 0.182. The summed E-state index contributed by atoms with van der Waals surface area (Å²) in [5.74, 6) is -0.368. The van der Waals surface area contributed by atoms with Crippen LogP contribution in [0.3, 0.4) is 0 Å². The van der Waals surface area contributed by atoms with Gasteiger partial charge in [0.05, 0.1) is 0 Å². The Morgan fingerprint density at radius 1 is 0.822 bits per heavy atom. The van der Waals surface area contributed by atoms with Gasteiger partial charge < -0.3 is 0 Å². The van der Waals surface area contributed by atoms with Crippen molar-refractivity contribution in [1.82, 2.24) is 0 Å². The second-order valence-corrected chi connectivity index (χ2v) is 57.7. The molecular formula is C41H53Cl2SiZr. The van der Waals surface area contributed by atoms with Crippen LogP contribution in [0, 0.1) is 11.8 Å². The van der Waals surface area contributed by atoms with Crippen LogP contribution < -0.4 is 0 Å². The molecule has 0 N–H and O–H groups in total. The molecule has 0 heterocycles. The third-order valence-electron chi connectivity index (χ3n) is 11.7. The maximum atomic E-state index is 8.60. The predicted octanol–water partition coefficient (Wildman–Crippen LogP) is 13.1. The molecule has 0 nitrogen and oxygen atoms in total. The average molecular weight is 736 g/mol. The van der Waals surface area contributed by atoms with E-state index >= 15 is 0 Å². The molecule has 45 heavy (non-hydrogen) atoms. The number of allylic oxidation sites excluding steroid dienone is 2. The van der Waals surface area contributed by atoms with Gasteiger partial charge in [0, 0.05) is 0 Å². The fraction of sp³-hybridized carbons (Fsp3) is 0.463. The van der Waals surface area contributed by atoms with Crippen LogP contribution in [0.5, 0.6) is 0 Å². The van der Waals surface area contributed by atoms with Gasteiger partial charge in [-0.3, -0.25) is 0 Å². The van der Waals surface area contributed by atoms with Crippen molar-refractivity contribution < 1.29 is 15.6 Å². The first-order chi connectivity index (χ1) is 21.5. The first-order valence-corrected chi connectivity index (χ1v) is 34.2. The topological polar surface area (TPSA) is 0 Å². The number of hydrogen-bond acceptors (Lipinski definition) is 0. The summed E-state index contributed by atoms with van der Waals surface area (Å²) in [5.41, 5.74) is 14.1. The summed E-state index contributed by atoms with van der Waals surface area (Å²) in [5, 5.41) is 0. The van der Waals surface area contributed by atoms with Crippen molar-refractivity contribution in [3.63, 3.8) is 0 Å². The minimum absolute atomic E-state index is 0.140. The van der Waals surface area contributed by atoms with Gasteiger partial charge >= 0.3 is 285 Å². The number of rotatable bonds is 10. The predicted molar refractivity (Wildman–Crippen MR) is 200 cm³/mol. The van der Waals surface area contributed by atoms with Gasteiger partial charge in [-0.15, -0.1) is 0 Å². The summed E-state index contributed by atoms with van der Waals surface area (Å²) in [7, 11) is 17.2. The Bertz CT molecular complexity index is 1610. The van der Waals surface area contributed by atoms with Crippen LogP contribution in [0.1, 0.15) is 113 Å². The minimum atomic E-state index is -4.71. The second-order valence-electron chi connectivity index (χ2n) is 15.2. The summed E-state index contributed by atoms with van der Waals surface area (Å²) >= 11 is -4.71. The van der Waals surface area contributed by atoms with Gasteiger partial charge in [-0.2, -0.15) is 0 Å². The molecule has 3 aliphatic carbocycles. The molecule has 2 unspecified atom stereocenters. The third kappa shape index (κ3) is 6.03. The SMILES string of the molecule is CCCCc1ccc(-c2cccc3c2C=C(C(C)C)[CH]3[Zr]([Cl])([Cl])([CH]2C(C)=Cc3c(CC4CCCCC4)cccc32)[SiH](C)C)cc1. The van der Waals surface area contributed by atoms with Crippen LogP contribution in [0.4, 0.5) is 0 Å². The van der Waals surface area contributed by atoms with Gasteiger partial charge in [-0.25, -0.2) is 0 Å². The maximum absolute atomic E-state index is 8.60. The summed E-state index contributed by atoms with van der Waals surface area (Å²) in [6.45, 7) is 14.3. The number of fused-ring (bicyclic) bond motifs is 2. The molecule has 0 spiro atoms. The van der Waals surface area contributed by atoms with Crippen molar-refractivity contribution in [2.75, 3.05) is 0 Å². The summed E-state index contributed by atoms with van der Waals surface area (Å²) < 4.78 is 0.309. The van der Waals surface area contributed by atoms with E-state index in [9.17, 15) is 0 Å². The van der Waals surface area contributed by atoms with Crippen LogP contribution in [0.25, 0.3) is 23.3 Å². The van der Waals surface area contributed by atoms with Crippen LogP contribution in [-0.4, -0.2) is 5.92 Å². The van der Waals surface area contributed by atoms with E-state index in [2.05, 4.69) is 114 Å². The molecular weight excluding hydrogens is 683 g/mol. The van der Waals surface area contributed by atoms with Crippen LogP contribution in [0.15, 0.2) is 71.8 Å². The first kappa shape index (κ1) is 33.7. The fourth-order valence-electron chi connectivity index (χ4n) is 9.09. The molecule has 239 valence electrons. The van der Waals surface area contributed by atoms with E-state index in [1.54, 1.807) is 0 Å². The summed E-state index contributed by atoms with van der Waals surface area (Å²) in [6.07, 6.45) is 16.7. The standard InChI is InChI=1S/C22H25.C17H21.C2H7Si.2ClH.Zr/c1-4-5-7-17-10-12-18(13-11-17)21-9-6-8-19-14-20(16(2)3)15-22(19)21;1-13-10-15-8-5-9-16(17(15)11-13)12-14-6-3-2-4-7-14;1-3-2;;;/h6,8-16H,4-5,7H2,1-3H3;5,8-11,14H,2-4,6-7,12H2,1H3;3H,1-2H3;2*1H;/q;;;;;+2/p-2. The van der Waals surface area contributed by atoms with Gasteiger partial charge in [0.2, 0.25) is 0 Å². The van der Waals surface area contributed by atoms with E-state index in [0.29, 0.717) is 5.92 Å². The number of unbranched alkanes of at least 4 members (excludes halogenated alkanes) is 1. The Hall–Kier alpha value is -1.18. The fourth-order valence-corrected chi connectivity index (χ4v) is 41.3. The van der Waals surface area contributed by atoms with Gasteiger partial charge in [-0.1, -0.05) is 0 Å². The Labute approximate surface area is 282 Å². The Kier molecular flexibility index (Phi) is 10.0. The molecule has 6 rings (SSSR count). The molecule has 0 saturated heterocycles. The number of benzene rings is 3. The van der Waals surface area contributed by atoms with Crippen molar-refractivity contribution in [3.8, 4) is 11.1 Å². The van der Waals surface area contributed by atoms with Crippen molar-refractivity contribution >= 4 is 35.1 Å². The molecule has 0 amide bonds. The molecule has 3 aromatic carbocycles. The van der Waals surface area contributed by atoms with Gasteiger partial charge in [0.25, 0.3) is 0 Å². The van der Waals surface area contributed by atoms with E-state index < -0.39 is 21.5 Å². The van der Waals surface area contributed by atoms with Gasteiger partial charge in [-0.05, 0) is 0 Å². The van der Waals surface area contributed by atoms with E-state index in [4.69, 9.17) is 17.0 Å². The van der Waals surface area contributed by atoms with Crippen LogP contribution in [-0.2, 0) is 28.4 Å². The summed E-state index contributed by atoms with van der Waals surface area (Å²) in [4.78, 5) is 0. The molecule has 4 heteroatoms. The van der Waals surface area contributed by atoms with E-state index in [1.165, 1.54) is 107 Å². The molecule has 2 atom stereocenters. The molecule has 0 aromatic heterocycles. The van der Waals surface area contributed by atoms with E-state index in [0.717, 1.165) is 12.3 Å². The van der Waals surface area contributed by atoms with Crippen molar-refractivity contribution in [1.29, 1.82) is 0 Å². The Balaban J connectivity index is 1.46. The normalized spacial score (nSPS) is 21.0. The first-order valence-electron chi connectivity index (χ1n) is 17.8. The zero-order chi connectivity index (χ0) is 32.0. The third-order valence-corrected chi connectivity index (χ3v) is 63.6. The van der Waals surface area contributed by atoms with Crippen molar-refractivity contribution in [2.45, 2.75) is 106 Å².